The standard InChI is InChI=1S/C6H5N3O2/c1-3-7-8-5(1)6-2-4-10-11-9-6/h1-4H,(H,7,8). The number of nitrogens with one attached hydrogen (secondary N) is 1. The number of aromatic amines is 1. The molecule has 2 heterocycles. The lowest BCUT2D eigenvalue weighted by Gasteiger charge is -2.00. The van der Waals surface area contributed by atoms with Gasteiger partial charge in [-0.05, 0) is 11.2 Å². The second-order valence-electron chi connectivity index (χ2n) is 1.91. The summed E-state index contributed by atoms with van der Waals surface area (Å²) in [5.74, 6) is 0. The third kappa shape index (κ3) is 1.07. The molecule has 0 fully saturated rings. The number of hydrogen-bond acceptors (Lipinski definition) is 4. The zero-order chi connectivity index (χ0) is 7.52. The fraction of sp³-hybridized carbons (Fsp3) is 0. The lowest BCUT2D eigenvalue weighted by molar-refractivity contribution is -0.251. The number of rotatable bonds is 1. The Morgan fingerprint density at radius 1 is 1.45 bits per heavy atom. The van der Waals surface area contributed by atoms with Crippen molar-refractivity contribution < 1.29 is 9.88 Å². The van der Waals surface area contributed by atoms with Gasteiger partial charge in [0.25, 0.3) is 0 Å². The molecule has 2 rings (SSSR count). The van der Waals surface area contributed by atoms with Gasteiger partial charge >= 0.3 is 0 Å². The summed E-state index contributed by atoms with van der Waals surface area (Å²) in [5, 5.41) is 10.2. The van der Waals surface area contributed by atoms with Gasteiger partial charge in [-0.2, -0.15) is 10.1 Å². The molecule has 1 aliphatic heterocycles. The molecule has 0 unspecified atom stereocenters. The summed E-state index contributed by atoms with van der Waals surface area (Å²) in [6.45, 7) is 0. The SMILES string of the molecule is C1=CC(c2cc[nH]n2)=NOO1. The van der Waals surface area contributed by atoms with Crippen molar-refractivity contribution in [1.29, 1.82) is 0 Å². The summed E-state index contributed by atoms with van der Waals surface area (Å²) < 4.78 is 0. The van der Waals surface area contributed by atoms with Gasteiger partial charge in [0.2, 0.25) is 0 Å². The van der Waals surface area contributed by atoms with E-state index in [-0.39, 0.29) is 0 Å². The van der Waals surface area contributed by atoms with Crippen LogP contribution in [0, 0.1) is 0 Å². The highest BCUT2D eigenvalue weighted by molar-refractivity contribution is 6.06. The third-order valence-corrected chi connectivity index (χ3v) is 1.22. The quantitative estimate of drug-likeness (QED) is 0.597. The number of aromatic nitrogens is 2. The van der Waals surface area contributed by atoms with E-state index < -0.39 is 0 Å². The van der Waals surface area contributed by atoms with E-state index in [4.69, 9.17) is 0 Å². The molecule has 1 aromatic heterocycles. The van der Waals surface area contributed by atoms with E-state index in [0.717, 1.165) is 5.69 Å². The number of allylic oxidation sites excluding steroid dienone is 1. The minimum absolute atomic E-state index is 0.637. The number of oxime groups is 1. The molecule has 0 saturated heterocycles. The number of H-pyrrole nitrogens is 1. The molecule has 0 aromatic carbocycles. The summed E-state index contributed by atoms with van der Waals surface area (Å²) in [5.41, 5.74) is 1.36. The first-order chi connectivity index (χ1) is 5.47. The third-order valence-electron chi connectivity index (χ3n) is 1.22. The van der Waals surface area contributed by atoms with Gasteiger partial charge in [0, 0.05) is 12.3 Å². The van der Waals surface area contributed by atoms with Gasteiger partial charge in [0.1, 0.15) is 17.7 Å². The topological polar surface area (TPSA) is 59.5 Å². The molecule has 0 radical (unpaired) electrons. The molecule has 0 aliphatic carbocycles. The Labute approximate surface area is 62.2 Å². The lowest BCUT2D eigenvalue weighted by Crippen LogP contribution is -2.02. The van der Waals surface area contributed by atoms with Crippen LogP contribution in [0.1, 0.15) is 5.69 Å². The van der Waals surface area contributed by atoms with Gasteiger partial charge in [-0.15, -0.1) is 0 Å². The van der Waals surface area contributed by atoms with Crippen molar-refractivity contribution in [2.45, 2.75) is 0 Å². The van der Waals surface area contributed by atoms with E-state index in [1.165, 1.54) is 6.26 Å². The molecule has 56 valence electrons. The van der Waals surface area contributed by atoms with Crippen LogP contribution >= 0.6 is 0 Å². The minimum Gasteiger partial charge on any atom is -0.285 e. The summed E-state index contributed by atoms with van der Waals surface area (Å²) in [4.78, 5) is 8.74. The molecule has 1 N–H and O–H groups in total. The summed E-state index contributed by atoms with van der Waals surface area (Å²) in [6, 6.07) is 1.79. The molecular weight excluding hydrogens is 146 g/mol. The normalized spacial score (nSPS) is 15.1. The zero-order valence-electron chi connectivity index (χ0n) is 5.52. The van der Waals surface area contributed by atoms with Gasteiger partial charge < -0.3 is 0 Å². The Balaban J connectivity index is 2.29. The van der Waals surface area contributed by atoms with Crippen molar-refractivity contribution >= 4 is 5.71 Å². The molecule has 0 amide bonds. The van der Waals surface area contributed by atoms with Crippen LogP contribution in [0.15, 0.2) is 29.8 Å². The smallest absolute Gasteiger partial charge is 0.147 e. The van der Waals surface area contributed by atoms with Crippen molar-refractivity contribution in [3.8, 4) is 0 Å². The Morgan fingerprint density at radius 2 is 2.45 bits per heavy atom. The highest BCUT2D eigenvalue weighted by Crippen LogP contribution is 2.02. The minimum atomic E-state index is 0.637. The average Bonchev–Trinajstić information content (AvgIpc) is 2.58. The summed E-state index contributed by atoms with van der Waals surface area (Å²) in [7, 11) is 0. The van der Waals surface area contributed by atoms with Gasteiger partial charge in [-0.1, -0.05) is 0 Å². The molecule has 5 heteroatoms. The molecule has 11 heavy (non-hydrogen) atoms. The molecule has 5 nitrogen and oxygen atoms in total. The second-order valence-corrected chi connectivity index (χ2v) is 1.91. The van der Waals surface area contributed by atoms with Crippen molar-refractivity contribution in [2.75, 3.05) is 0 Å². The van der Waals surface area contributed by atoms with E-state index >= 15 is 0 Å². The van der Waals surface area contributed by atoms with Gasteiger partial charge in [0.05, 0.1) is 0 Å². The van der Waals surface area contributed by atoms with Gasteiger partial charge in [0.15, 0.2) is 0 Å². The lowest BCUT2D eigenvalue weighted by atomic mass is 10.3. The molecule has 0 spiro atoms. The van der Waals surface area contributed by atoms with Crippen molar-refractivity contribution in [1.82, 2.24) is 10.2 Å². The zero-order valence-corrected chi connectivity index (χ0v) is 5.52. The Bertz CT molecular complexity index is 289. The van der Waals surface area contributed by atoms with Crippen LogP contribution in [0.4, 0.5) is 0 Å². The monoisotopic (exact) mass is 151 g/mol. The van der Waals surface area contributed by atoms with Crippen LogP contribution in [-0.2, 0) is 9.88 Å². The first-order valence-corrected chi connectivity index (χ1v) is 3.04. The Kier molecular flexibility index (Phi) is 1.33. The molecule has 1 aliphatic rings. The number of nitrogens with zero attached hydrogens (tertiary/aromatic N) is 2. The van der Waals surface area contributed by atoms with Crippen LogP contribution in [-0.4, -0.2) is 15.9 Å². The first kappa shape index (κ1) is 5.96. The fourth-order valence-corrected chi connectivity index (χ4v) is 0.744. The van der Waals surface area contributed by atoms with Crippen LogP contribution in [0.3, 0.4) is 0 Å². The van der Waals surface area contributed by atoms with Crippen LogP contribution in [0.5, 0.6) is 0 Å². The van der Waals surface area contributed by atoms with E-state index in [0.29, 0.717) is 5.71 Å². The van der Waals surface area contributed by atoms with E-state index in [1.54, 1.807) is 18.3 Å². The molecule has 0 atom stereocenters. The summed E-state index contributed by atoms with van der Waals surface area (Å²) in [6.07, 6.45) is 4.78. The summed E-state index contributed by atoms with van der Waals surface area (Å²) >= 11 is 0. The van der Waals surface area contributed by atoms with Gasteiger partial charge in [-0.25, -0.2) is 0 Å². The fourth-order valence-electron chi connectivity index (χ4n) is 0.744. The van der Waals surface area contributed by atoms with E-state index in [1.807, 2.05) is 0 Å². The van der Waals surface area contributed by atoms with E-state index in [2.05, 4.69) is 25.2 Å². The molecular formula is C6H5N3O2. The largest absolute Gasteiger partial charge is 0.285 e. The predicted octanol–water partition coefficient (Wildman–Crippen LogP) is 0.589. The van der Waals surface area contributed by atoms with Crippen molar-refractivity contribution in [3.05, 3.63) is 30.3 Å². The average molecular weight is 151 g/mol. The Morgan fingerprint density at radius 3 is 3.09 bits per heavy atom. The van der Waals surface area contributed by atoms with Crippen LogP contribution in [0.2, 0.25) is 0 Å². The van der Waals surface area contributed by atoms with E-state index in [9.17, 15) is 0 Å². The molecule has 1 aromatic rings. The maximum Gasteiger partial charge on any atom is 0.147 e. The first-order valence-electron chi connectivity index (χ1n) is 3.04. The predicted molar refractivity (Wildman–Crippen MR) is 36.4 cm³/mol. The highest BCUT2D eigenvalue weighted by atomic mass is 17.3. The van der Waals surface area contributed by atoms with Gasteiger partial charge in [-0.3, -0.25) is 9.99 Å². The van der Waals surface area contributed by atoms with Crippen molar-refractivity contribution in [2.24, 2.45) is 5.16 Å². The highest BCUT2D eigenvalue weighted by Gasteiger charge is 2.05. The van der Waals surface area contributed by atoms with Crippen LogP contribution in [0.25, 0.3) is 0 Å². The number of hydrogen-bond donors (Lipinski definition) is 1. The Hall–Kier alpha value is -1.78. The maximum absolute atomic E-state index is 4.39. The maximum atomic E-state index is 4.39. The van der Waals surface area contributed by atoms with Crippen molar-refractivity contribution in [3.63, 3.8) is 0 Å². The second kappa shape index (κ2) is 2.45. The molecule has 0 saturated carbocycles. The van der Waals surface area contributed by atoms with Crippen LogP contribution < -0.4 is 0 Å². The molecule has 0 bridgehead atoms.